The fraction of sp³-hybridized carbons (Fsp3) is 0.421. The van der Waals surface area contributed by atoms with Crippen molar-refractivity contribution in [1.29, 1.82) is 0 Å². The van der Waals surface area contributed by atoms with Crippen LogP contribution in [0.1, 0.15) is 42.6 Å². The monoisotopic (exact) mass is 369 g/mol. The van der Waals surface area contributed by atoms with Crippen molar-refractivity contribution in [1.82, 2.24) is 24.8 Å². The van der Waals surface area contributed by atoms with E-state index in [0.717, 1.165) is 18.8 Å². The number of aryl methyl sites for hydroxylation is 1. The number of nitrogens with zero attached hydrogens (tertiary/aromatic N) is 5. The van der Waals surface area contributed by atoms with Crippen molar-refractivity contribution in [3.8, 4) is 11.6 Å². The van der Waals surface area contributed by atoms with Crippen LogP contribution < -0.4 is 0 Å². The molecule has 0 unspecified atom stereocenters. The van der Waals surface area contributed by atoms with E-state index in [4.69, 9.17) is 16.1 Å². The van der Waals surface area contributed by atoms with E-state index in [1.54, 1.807) is 10.9 Å². The first kappa shape index (κ1) is 16.0. The molecule has 7 heteroatoms. The van der Waals surface area contributed by atoms with E-state index in [-0.39, 0.29) is 5.92 Å². The van der Waals surface area contributed by atoms with Crippen LogP contribution in [0.2, 0.25) is 5.02 Å². The predicted molar refractivity (Wildman–Crippen MR) is 97.8 cm³/mol. The maximum absolute atomic E-state index is 6.22. The number of halogens is 1. The molecule has 3 atom stereocenters. The Labute approximate surface area is 156 Å². The second kappa shape index (κ2) is 6.21. The van der Waals surface area contributed by atoms with Gasteiger partial charge >= 0.3 is 0 Å². The van der Waals surface area contributed by atoms with Crippen LogP contribution >= 0.6 is 11.6 Å². The van der Waals surface area contributed by atoms with Gasteiger partial charge in [-0.15, -0.1) is 0 Å². The fourth-order valence-corrected chi connectivity index (χ4v) is 4.79. The van der Waals surface area contributed by atoms with E-state index >= 15 is 0 Å². The molecule has 0 N–H and O–H groups in total. The number of hydrogen-bond acceptors (Lipinski definition) is 5. The number of rotatable bonds is 3. The van der Waals surface area contributed by atoms with Gasteiger partial charge in [0.25, 0.3) is 5.89 Å². The van der Waals surface area contributed by atoms with Crippen molar-refractivity contribution in [3.63, 3.8) is 0 Å². The topological polar surface area (TPSA) is 60.0 Å². The van der Waals surface area contributed by atoms with Crippen LogP contribution in [0, 0.1) is 0 Å². The first-order valence-electron chi connectivity index (χ1n) is 9.04. The van der Waals surface area contributed by atoms with Crippen LogP contribution in [0.25, 0.3) is 11.6 Å². The lowest BCUT2D eigenvalue weighted by molar-refractivity contribution is 0.243. The maximum Gasteiger partial charge on any atom is 0.279 e. The quantitative estimate of drug-likeness (QED) is 0.702. The second-order valence-electron chi connectivity index (χ2n) is 7.17. The molecule has 6 nitrogen and oxygen atoms in total. The molecule has 4 heterocycles. The van der Waals surface area contributed by atoms with Crippen LogP contribution in [0.3, 0.4) is 0 Å². The summed E-state index contributed by atoms with van der Waals surface area (Å²) in [4.78, 5) is 7.28. The highest BCUT2D eigenvalue weighted by atomic mass is 35.5. The van der Waals surface area contributed by atoms with E-state index in [1.165, 1.54) is 18.4 Å². The molecule has 134 valence electrons. The normalized spacial score (nSPS) is 25.7. The van der Waals surface area contributed by atoms with Gasteiger partial charge in [0.1, 0.15) is 0 Å². The van der Waals surface area contributed by atoms with Crippen molar-refractivity contribution in [2.24, 2.45) is 7.05 Å². The molecule has 0 amide bonds. The Hall–Kier alpha value is -2.18. The zero-order chi connectivity index (χ0) is 17.7. The van der Waals surface area contributed by atoms with Crippen molar-refractivity contribution in [3.05, 3.63) is 52.9 Å². The summed E-state index contributed by atoms with van der Waals surface area (Å²) in [6, 6.07) is 11.6. The number of benzene rings is 1. The van der Waals surface area contributed by atoms with Gasteiger partial charge in [-0.1, -0.05) is 47.1 Å². The minimum atomic E-state index is 0.280. The molecule has 2 fully saturated rings. The number of hydrogen-bond donors (Lipinski definition) is 0. The van der Waals surface area contributed by atoms with Gasteiger partial charge in [-0.2, -0.15) is 10.1 Å². The Balaban J connectivity index is 1.46. The molecule has 3 aromatic rings. The Morgan fingerprint density at radius 2 is 2.08 bits per heavy atom. The minimum absolute atomic E-state index is 0.280. The van der Waals surface area contributed by atoms with E-state index in [9.17, 15) is 0 Å². The molecule has 0 radical (unpaired) electrons. The molecule has 0 bridgehead atoms. The van der Waals surface area contributed by atoms with Gasteiger partial charge in [0.05, 0.1) is 5.02 Å². The summed E-state index contributed by atoms with van der Waals surface area (Å²) in [5.74, 6) is 1.46. The Morgan fingerprint density at radius 3 is 2.85 bits per heavy atom. The summed E-state index contributed by atoms with van der Waals surface area (Å²) in [6.07, 6.45) is 5.16. The third-order valence-electron chi connectivity index (χ3n) is 5.63. The molecule has 0 spiro atoms. The van der Waals surface area contributed by atoms with Crippen LogP contribution in [0.4, 0.5) is 0 Å². The Morgan fingerprint density at radius 1 is 1.23 bits per heavy atom. The highest BCUT2D eigenvalue weighted by Crippen LogP contribution is 2.48. The van der Waals surface area contributed by atoms with E-state index in [2.05, 4.69) is 50.5 Å². The van der Waals surface area contributed by atoms with Crippen molar-refractivity contribution < 1.29 is 4.52 Å². The van der Waals surface area contributed by atoms with E-state index < -0.39 is 0 Å². The van der Waals surface area contributed by atoms with Gasteiger partial charge in [-0.3, -0.25) is 9.58 Å². The van der Waals surface area contributed by atoms with Crippen LogP contribution in [-0.4, -0.2) is 37.4 Å². The van der Waals surface area contributed by atoms with Crippen LogP contribution in [0.15, 0.2) is 41.1 Å². The smallest absolute Gasteiger partial charge is 0.279 e. The highest BCUT2D eigenvalue weighted by Gasteiger charge is 2.46. The third-order valence-corrected chi connectivity index (χ3v) is 5.91. The standard InChI is InChI=1S/C19H20ClN5O/c1-24-11-14(20)17(22-24)19-21-18(23-26-19)13-10-16(12-6-3-2-4-7-12)25-9-5-8-15(13)25/h2-4,6-7,11,13,15-16H,5,8-10H2,1H3/t13-,15+,16-/m0/s1. The van der Waals surface area contributed by atoms with Gasteiger partial charge in [0.15, 0.2) is 11.5 Å². The molecule has 2 aliphatic rings. The lowest BCUT2D eigenvalue weighted by Gasteiger charge is -2.24. The van der Waals surface area contributed by atoms with Crippen LogP contribution in [-0.2, 0) is 7.05 Å². The predicted octanol–water partition coefficient (Wildman–Crippen LogP) is 3.82. The summed E-state index contributed by atoms with van der Waals surface area (Å²) < 4.78 is 7.16. The molecular weight excluding hydrogens is 350 g/mol. The average molecular weight is 370 g/mol. The van der Waals surface area contributed by atoms with Crippen molar-refractivity contribution in [2.45, 2.75) is 37.3 Å². The Bertz CT molecular complexity index is 921. The lowest BCUT2D eigenvalue weighted by Crippen LogP contribution is -2.27. The minimum Gasteiger partial charge on any atom is -0.332 e. The van der Waals surface area contributed by atoms with Gasteiger partial charge in [0, 0.05) is 31.2 Å². The second-order valence-corrected chi connectivity index (χ2v) is 7.58. The maximum atomic E-state index is 6.22. The fourth-order valence-electron chi connectivity index (χ4n) is 4.53. The summed E-state index contributed by atoms with van der Waals surface area (Å²) >= 11 is 6.22. The van der Waals surface area contributed by atoms with Crippen molar-refractivity contribution >= 4 is 11.6 Å². The van der Waals surface area contributed by atoms with E-state index in [1.807, 2.05) is 7.05 Å². The zero-order valence-electron chi connectivity index (χ0n) is 14.5. The molecular formula is C19H20ClN5O. The number of fused-ring (bicyclic) bond motifs is 1. The molecule has 5 rings (SSSR count). The molecule has 0 aliphatic carbocycles. The Kier molecular flexibility index (Phi) is 3.83. The SMILES string of the molecule is Cn1cc(Cl)c(-c2nc([C@H]3C[C@@H](c4ccccc4)N4CCC[C@H]34)no2)n1. The average Bonchev–Trinajstić information content (AvgIpc) is 3.39. The largest absolute Gasteiger partial charge is 0.332 e. The van der Waals surface area contributed by atoms with Crippen molar-refractivity contribution in [2.75, 3.05) is 6.54 Å². The lowest BCUT2D eigenvalue weighted by atomic mass is 9.94. The molecule has 26 heavy (non-hydrogen) atoms. The first-order valence-corrected chi connectivity index (χ1v) is 9.42. The van der Waals surface area contributed by atoms with Gasteiger partial charge in [0.2, 0.25) is 0 Å². The highest BCUT2D eigenvalue weighted by molar-refractivity contribution is 6.32. The summed E-state index contributed by atoms with van der Waals surface area (Å²) in [5, 5.41) is 9.15. The molecule has 2 aromatic heterocycles. The van der Waals surface area contributed by atoms with E-state index in [0.29, 0.717) is 28.7 Å². The third kappa shape index (κ3) is 2.56. The van der Waals surface area contributed by atoms with Crippen LogP contribution in [0.5, 0.6) is 0 Å². The summed E-state index contributed by atoms with van der Waals surface area (Å²) in [7, 11) is 1.82. The van der Waals surface area contributed by atoms with Gasteiger partial charge in [-0.05, 0) is 31.4 Å². The summed E-state index contributed by atoms with van der Waals surface area (Å²) in [5.41, 5.74) is 1.92. The summed E-state index contributed by atoms with van der Waals surface area (Å²) in [6.45, 7) is 1.14. The zero-order valence-corrected chi connectivity index (χ0v) is 15.3. The molecule has 2 aliphatic heterocycles. The molecule has 0 saturated carbocycles. The van der Waals surface area contributed by atoms with Gasteiger partial charge in [-0.25, -0.2) is 0 Å². The van der Waals surface area contributed by atoms with Gasteiger partial charge < -0.3 is 4.52 Å². The molecule has 1 aromatic carbocycles. The first-order chi connectivity index (χ1) is 12.7. The number of aromatic nitrogens is 4. The molecule has 2 saturated heterocycles.